The van der Waals surface area contributed by atoms with E-state index in [2.05, 4.69) is 71.3 Å². The molecular weight excluding hydrogens is 738 g/mol. The van der Waals surface area contributed by atoms with Crippen LogP contribution < -0.4 is 10.6 Å². The molecule has 2 aliphatic rings. The number of carboxylic acid groups (broad SMARTS) is 2. The maximum Gasteiger partial charge on any atom is 0.336 e. The predicted octanol–water partition coefficient (Wildman–Crippen LogP) is 11.4. The first-order valence-electron chi connectivity index (χ1n) is 17.0. The van der Waals surface area contributed by atoms with Crippen molar-refractivity contribution in [1.29, 1.82) is 0 Å². The molecule has 270 valence electrons. The number of fused-ring (bicyclic) bond motifs is 2. The van der Waals surface area contributed by atoms with Crippen molar-refractivity contribution in [3.05, 3.63) is 174 Å². The van der Waals surface area contributed by atoms with Crippen LogP contribution in [0.25, 0.3) is 0 Å². The van der Waals surface area contributed by atoms with Crippen LogP contribution in [0.4, 0.5) is 0 Å². The summed E-state index contributed by atoms with van der Waals surface area (Å²) in [6, 6.07) is 35.7. The zero-order valence-electron chi connectivity index (χ0n) is 28.8. The first-order chi connectivity index (χ1) is 25.0. The molecule has 0 aromatic heterocycles. The number of halogens is 4. The van der Waals surface area contributed by atoms with Crippen molar-refractivity contribution in [2.24, 2.45) is 0 Å². The molecule has 10 heteroatoms. The number of nitrogens with one attached hydrogen (secondary N) is 2. The van der Waals surface area contributed by atoms with Gasteiger partial charge >= 0.3 is 11.9 Å². The minimum atomic E-state index is -1.23. The van der Waals surface area contributed by atoms with Gasteiger partial charge in [-0.3, -0.25) is 0 Å². The molecule has 5 aromatic carbocycles. The Morgan fingerprint density at radius 1 is 0.500 bits per heavy atom. The van der Waals surface area contributed by atoms with E-state index in [9.17, 15) is 9.59 Å². The summed E-state index contributed by atoms with van der Waals surface area (Å²) in [7, 11) is 4.06. The highest BCUT2D eigenvalue weighted by Gasteiger charge is 2.28. The summed E-state index contributed by atoms with van der Waals surface area (Å²) in [6.45, 7) is 0. The second-order valence-corrected chi connectivity index (χ2v) is 14.3. The quantitative estimate of drug-likeness (QED) is 0.137. The molecule has 7 rings (SSSR count). The third-order valence-corrected chi connectivity index (χ3v) is 11.2. The highest BCUT2D eigenvalue weighted by atomic mass is 35.5. The van der Waals surface area contributed by atoms with Gasteiger partial charge in [-0.15, -0.1) is 0 Å². The average molecular weight is 779 g/mol. The summed E-state index contributed by atoms with van der Waals surface area (Å²) < 4.78 is 0. The van der Waals surface area contributed by atoms with Crippen LogP contribution in [0, 0.1) is 0 Å². The Morgan fingerprint density at radius 2 is 0.846 bits per heavy atom. The van der Waals surface area contributed by atoms with Crippen molar-refractivity contribution in [3.8, 4) is 0 Å². The van der Waals surface area contributed by atoms with Crippen molar-refractivity contribution in [2.75, 3.05) is 14.1 Å². The van der Waals surface area contributed by atoms with Gasteiger partial charge in [-0.1, -0.05) is 119 Å². The van der Waals surface area contributed by atoms with E-state index < -0.39 is 11.9 Å². The molecule has 0 fully saturated rings. The van der Waals surface area contributed by atoms with Gasteiger partial charge in [0, 0.05) is 23.9 Å². The number of hydrogen-bond donors (Lipinski definition) is 4. The lowest BCUT2D eigenvalue weighted by molar-refractivity contribution is 0.0651. The number of carbonyl (C=O) groups is 2. The summed E-state index contributed by atoms with van der Waals surface area (Å²) in [5, 5.41) is 26.4. The van der Waals surface area contributed by atoms with Crippen LogP contribution in [0.5, 0.6) is 0 Å². The normalized spacial score (nSPS) is 18.7. The Balaban J connectivity index is 0.000000156. The van der Waals surface area contributed by atoms with E-state index in [4.69, 9.17) is 56.6 Å². The van der Waals surface area contributed by atoms with E-state index in [0.29, 0.717) is 44.0 Å². The molecular formula is C42H40Cl4N2O4. The summed E-state index contributed by atoms with van der Waals surface area (Å²) in [4.78, 5) is 20.9. The molecule has 2 aliphatic carbocycles. The molecule has 0 radical (unpaired) electrons. The number of aromatic carboxylic acids is 2. The molecule has 0 aliphatic heterocycles. The van der Waals surface area contributed by atoms with Crippen molar-refractivity contribution in [3.63, 3.8) is 0 Å². The van der Waals surface area contributed by atoms with Crippen molar-refractivity contribution in [1.82, 2.24) is 10.6 Å². The summed E-state index contributed by atoms with van der Waals surface area (Å²) in [5.41, 5.74) is 7.72. The summed E-state index contributed by atoms with van der Waals surface area (Å²) in [5.74, 6) is -1.64. The summed E-state index contributed by atoms with van der Waals surface area (Å²) in [6.07, 6.45) is 4.53. The molecule has 0 unspecified atom stereocenters. The highest BCUT2D eigenvalue weighted by molar-refractivity contribution is 6.42. The van der Waals surface area contributed by atoms with Crippen LogP contribution in [-0.2, 0) is 0 Å². The molecule has 52 heavy (non-hydrogen) atoms. The average Bonchev–Trinajstić information content (AvgIpc) is 3.16. The van der Waals surface area contributed by atoms with E-state index in [1.54, 1.807) is 0 Å². The fourth-order valence-corrected chi connectivity index (χ4v) is 7.80. The monoisotopic (exact) mass is 776 g/mol. The fourth-order valence-electron chi connectivity index (χ4n) is 7.19. The van der Waals surface area contributed by atoms with Crippen molar-refractivity contribution >= 4 is 58.3 Å². The van der Waals surface area contributed by atoms with Gasteiger partial charge in [-0.2, -0.15) is 0 Å². The van der Waals surface area contributed by atoms with Gasteiger partial charge < -0.3 is 20.8 Å². The second kappa shape index (κ2) is 18.2. The van der Waals surface area contributed by atoms with E-state index in [0.717, 1.165) is 25.7 Å². The lowest BCUT2D eigenvalue weighted by atomic mass is 9.77. The SMILES string of the molecule is CN[C@H]1CC[C@@H](c2ccc(Cl)c(Cl)c2)c2ccccc21.CN[C@H]1CC[C@@H](c2ccc(Cl)c(Cl)c2)c2ccccc21.O=C(O)c1ccccc1C(=O)O. The Hall–Kier alpha value is -3.88. The molecule has 0 spiro atoms. The molecule has 4 N–H and O–H groups in total. The molecule has 5 aromatic rings. The number of rotatable bonds is 6. The lowest BCUT2D eigenvalue weighted by Crippen LogP contribution is -2.24. The summed E-state index contributed by atoms with van der Waals surface area (Å²) >= 11 is 24.4. The fraction of sp³-hybridized carbons (Fsp3) is 0.238. The van der Waals surface area contributed by atoms with Gasteiger partial charge in [0.05, 0.1) is 31.2 Å². The maximum atomic E-state index is 10.5. The first-order valence-corrected chi connectivity index (χ1v) is 18.5. The number of hydrogen-bond acceptors (Lipinski definition) is 4. The zero-order chi connectivity index (χ0) is 37.4. The lowest BCUT2D eigenvalue weighted by Gasteiger charge is -2.32. The van der Waals surface area contributed by atoms with Gasteiger partial charge in [0.1, 0.15) is 0 Å². The topological polar surface area (TPSA) is 98.7 Å². The van der Waals surface area contributed by atoms with Crippen molar-refractivity contribution < 1.29 is 19.8 Å². The van der Waals surface area contributed by atoms with Gasteiger partial charge in [-0.05, 0) is 110 Å². The largest absolute Gasteiger partial charge is 0.478 e. The standard InChI is InChI=1S/2C17H17Cl2N.C8H6O4/c2*1-20-17-9-7-12(13-4-2-3-5-14(13)17)11-6-8-15(18)16(19)10-11;9-7(10)5-3-1-2-4-6(5)8(11)12/h2*2-6,8,10,12,17,20H,7,9H2,1H3;1-4H,(H,9,10)(H,11,12)/t2*12-,17-;/m00./s1. The van der Waals surface area contributed by atoms with Gasteiger partial charge in [0.15, 0.2) is 0 Å². The van der Waals surface area contributed by atoms with Crippen LogP contribution >= 0.6 is 46.4 Å². The van der Waals surface area contributed by atoms with Crippen LogP contribution in [0.15, 0.2) is 109 Å². The molecule has 0 saturated heterocycles. The second-order valence-electron chi connectivity index (χ2n) is 12.7. The molecule has 0 bridgehead atoms. The molecule has 0 saturated carbocycles. The van der Waals surface area contributed by atoms with Crippen molar-refractivity contribution in [2.45, 2.75) is 49.6 Å². The smallest absolute Gasteiger partial charge is 0.336 e. The maximum absolute atomic E-state index is 10.5. The van der Waals surface area contributed by atoms with Crippen LogP contribution in [0.1, 0.15) is 104 Å². The Morgan fingerprint density at radius 3 is 1.17 bits per heavy atom. The minimum absolute atomic E-state index is 0.190. The zero-order valence-corrected chi connectivity index (χ0v) is 31.8. The number of benzene rings is 5. The predicted molar refractivity (Wildman–Crippen MR) is 212 cm³/mol. The van der Waals surface area contributed by atoms with Crippen LogP contribution in [0.3, 0.4) is 0 Å². The number of carboxylic acids is 2. The van der Waals surface area contributed by atoms with Gasteiger partial charge in [-0.25, -0.2) is 9.59 Å². The van der Waals surface area contributed by atoms with E-state index in [1.807, 2.05) is 38.4 Å². The van der Waals surface area contributed by atoms with E-state index >= 15 is 0 Å². The first kappa shape index (κ1) is 39.3. The van der Waals surface area contributed by atoms with E-state index in [-0.39, 0.29) is 11.1 Å². The third kappa shape index (κ3) is 9.18. The highest BCUT2D eigenvalue weighted by Crippen LogP contribution is 2.43. The molecule has 6 nitrogen and oxygen atoms in total. The Bertz CT molecular complexity index is 1890. The molecule has 0 amide bonds. The minimum Gasteiger partial charge on any atom is -0.478 e. The molecule has 4 atom stereocenters. The van der Waals surface area contributed by atoms with Crippen LogP contribution in [-0.4, -0.2) is 36.2 Å². The molecule has 0 heterocycles. The Kier molecular flexibility index (Phi) is 13.8. The van der Waals surface area contributed by atoms with Gasteiger partial charge in [0.25, 0.3) is 0 Å². The Labute approximate surface area is 324 Å². The van der Waals surface area contributed by atoms with Crippen LogP contribution in [0.2, 0.25) is 20.1 Å². The van der Waals surface area contributed by atoms with E-state index in [1.165, 1.54) is 57.6 Å². The third-order valence-electron chi connectivity index (χ3n) is 9.76. The van der Waals surface area contributed by atoms with Gasteiger partial charge in [0.2, 0.25) is 0 Å².